The number of amides is 1. The van der Waals surface area contributed by atoms with Crippen molar-refractivity contribution >= 4 is 19.7 Å². The Bertz CT molecular complexity index is 1510. The molecule has 3 unspecified atom stereocenters. The summed E-state index contributed by atoms with van der Waals surface area (Å²) in [7, 11) is 1.17. The second-order valence-corrected chi connectivity index (χ2v) is 23.6. The Kier molecular flexibility index (Phi) is 52.9. The maximum absolute atomic E-state index is 13.5. The van der Waals surface area contributed by atoms with Crippen LogP contribution < -0.4 is 10.2 Å². The van der Waals surface area contributed by atoms with Gasteiger partial charge >= 0.3 is 5.97 Å². The van der Waals surface area contributed by atoms with Gasteiger partial charge in [-0.25, -0.2) is 0 Å². The fraction of sp³-hybridized carbons (Fsp3) is 0.785. The lowest BCUT2D eigenvalue weighted by Gasteiger charge is -2.30. The first-order valence-corrected chi connectivity index (χ1v) is 32.7. The van der Waals surface area contributed by atoms with Crippen molar-refractivity contribution in [2.24, 2.45) is 0 Å². The number of unbranched alkanes of at least 4 members (excludes halogenated alkanes) is 32. The van der Waals surface area contributed by atoms with Crippen LogP contribution in [-0.4, -0.2) is 69.4 Å². The Morgan fingerprint density at radius 2 is 0.907 bits per heavy atom. The van der Waals surface area contributed by atoms with Gasteiger partial charge in [0.15, 0.2) is 0 Å². The number of rotatable bonds is 56. The first-order valence-electron chi connectivity index (χ1n) is 31.3. The number of hydrogen-bond acceptors (Lipinski definition) is 7. The summed E-state index contributed by atoms with van der Waals surface area (Å²) in [6, 6.07) is -0.897. The number of allylic oxidation sites excluding steroid dienone is 11. The number of carbonyl (C=O) groups excluding carboxylic acids is 2. The molecular formula is C65H119N2O7P. The van der Waals surface area contributed by atoms with Gasteiger partial charge in [-0.2, -0.15) is 0 Å². The van der Waals surface area contributed by atoms with E-state index in [1.807, 2.05) is 33.3 Å². The molecule has 9 nitrogen and oxygen atoms in total. The van der Waals surface area contributed by atoms with Gasteiger partial charge in [-0.3, -0.25) is 14.2 Å². The highest BCUT2D eigenvalue weighted by Gasteiger charge is 2.27. The minimum atomic E-state index is -4.70. The van der Waals surface area contributed by atoms with Gasteiger partial charge in [0.1, 0.15) is 19.3 Å². The van der Waals surface area contributed by atoms with Gasteiger partial charge in [0.05, 0.1) is 33.8 Å². The van der Waals surface area contributed by atoms with E-state index in [-0.39, 0.29) is 24.9 Å². The van der Waals surface area contributed by atoms with Crippen molar-refractivity contribution in [2.75, 3.05) is 40.9 Å². The summed E-state index contributed by atoms with van der Waals surface area (Å²) in [5, 5.41) is 3.02. The largest absolute Gasteiger partial charge is 0.756 e. The number of phosphoric ester groups is 1. The molecule has 0 heterocycles. The average molecular weight is 1070 g/mol. The molecule has 75 heavy (non-hydrogen) atoms. The predicted octanol–water partition coefficient (Wildman–Crippen LogP) is 18.6. The number of carbonyl (C=O) groups is 2. The second-order valence-electron chi connectivity index (χ2n) is 22.2. The van der Waals surface area contributed by atoms with Crippen LogP contribution in [0, 0.1) is 0 Å². The lowest BCUT2D eigenvalue weighted by molar-refractivity contribution is -0.870. The fourth-order valence-electron chi connectivity index (χ4n) is 8.85. The molecule has 0 aromatic heterocycles. The minimum absolute atomic E-state index is 0.0271. The van der Waals surface area contributed by atoms with Gasteiger partial charge in [-0.05, 0) is 83.1 Å². The van der Waals surface area contributed by atoms with E-state index >= 15 is 0 Å². The minimum Gasteiger partial charge on any atom is -0.756 e. The molecule has 0 aliphatic carbocycles. The van der Waals surface area contributed by atoms with Gasteiger partial charge in [0.25, 0.3) is 7.82 Å². The van der Waals surface area contributed by atoms with E-state index in [2.05, 4.69) is 86.8 Å². The van der Waals surface area contributed by atoms with Gasteiger partial charge in [0.2, 0.25) is 5.91 Å². The van der Waals surface area contributed by atoms with Crippen LogP contribution in [0.1, 0.15) is 278 Å². The highest BCUT2D eigenvalue weighted by Crippen LogP contribution is 2.38. The molecule has 10 heteroatoms. The van der Waals surface area contributed by atoms with Gasteiger partial charge < -0.3 is 28.5 Å². The summed E-state index contributed by atoms with van der Waals surface area (Å²) in [5.41, 5.74) is 0. The van der Waals surface area contributed by atoms with E-state index in [0.29, 0.717) is 17.4 Å². The summed E-state index contributed by atoms with van der Waals surface area (Å²) < 4.78 is 30.3. The Hall–Kier alpha value is -2.55. The molecular weight excluding hydrogens is 952 g/mol. The van der Waals surface area contributed by atoms with E-state index in [1.54, 1.807) is 0 Å². The monoisotopic (exact) mass is 1070 g/mol. The molecule has 1 N–H and O–H groups in total. The fourth-order valence-corrected chi connectivity index (χ4v) is 9.57. The Morgan fingerprint density at radius 1 is 0.493 bits per heavy atom. The van der Waals surface area contributed by atoms with E-state index in [4.69, 9.17) is 13.8 Å². The molecule has 0 aliphatic rings. The Balaban J connectivity index is 5.25. The third-order valence-corrected chi connectivity index (χ3v) is 14.6. The van der Waals surface area contributed by atoms with Crippen molar-refractivity contribution in [3.8, 4) is 0 Å². The smallest absolute Gasteiger partial charge is 0.306 e. The van der Waals surface area contributed by atoms with Crippen LogP contribution in [0.3, 0.4) is 0 Å². The lowest BCUT2D eigenvalue weighted by atomic mass is 10.0. The lowest BCUT2D eigenvalue weighted by Crippen LogP contribution is -2.47. The van der Waals surface area contributed by atoms with Gasteiger partial charge in [-0.1, -0.05) is 255 Å². The number of ether oxygens (including phenoxy) is 1. The van der Waals surface area contributed by atoms with Crippen LogP contribution in [0.2, 0.25) is 0 Å². The molecule has 0 aromatic rings. The van der Waals surface area contributed by atoms with E-state index in [9.17, 15) is 19.0 Å². The molecule has 0 saturated carbocycles. The highest BCUT2D eigenvalue weighted by atomic mass is 31.2. The number of hydrogen-bond donors (Lipinski definition) is 1. The molecule has 0 aromatic carbocycles. The topological polar surface area (TPSA) is 114 Å². The van der Waals surface area contributed by atoms with Gasteiger partial charge in [0, 0.05) is 12.8 Å². The number of esters is 1. The standard InChI is InChI=1S/C65H119N2O7P/c1-7-10-13-16-19-22-25-28-30-31-32-33-34-35-37-40-43-46-49-52-55-58-65(69)74-63(56-53-50-47-44-41-38-27-24-21-18-15-12-9-3)62(61-73-75(70,71)72-60-59-67(4,5)6)66-64(68)57-54-51-48-45-42-39-36-29-26-23-20-17-14-11-8-2/h11,14,17,19-20,22-23,26,28,30,53,56,62-63H,7-10,12-13,15-16,18,21,24-25,27,29,31-52,54-55,57-61H2,1-6H3,(H-,66,68,70,71)/b14-11+,20-17+,22-19-,26-23+,30-28-,56-53-. The normalized spacial score (nSPS) is 14.2. The van der Waals surface area contributed by atoms with E-state index in [0.717, 1.165) is 83.5 Å². The zero-order valence-electron chi connectivity index (χ0n) is 49.7. The first kappa shape index (κ1) is 72.5. The molecule has 0 radical (unpaired) electrons. The second kappa shape index (κ2) is 54.8. The quantitative estimate of drug-likeness (QED) is 0.0161. The number of phosphoric acid groups is 1. The molecule has 0 bridgehead atoms. The maximum Gasteiger partial charge on any atom is 0.306 e. The number of likely N-dealkylation sites (N-methyl/N-ethyl adjacent to an activating group) is 1. The van der Waals surface area contributed by atoms with Gasteiger partial charge in [-0.15, -0.1) is 0 Å². The van der Waals surface area contributed by atoms with Crippen LogP contribution in [0.15, 0.2) is 72.9 Å². The molecule has 1 amide bonds. The summed E-state index contributed by atoms with van der Waals surface area (Å²) >= 11 is 0. The van der Waals surface area contributed by atoms with Crippen LogP contribution in [0.4, 0.5) is 0 Å². The third kappa shape index (κ3) is 56.0. The molecule has 0 saturated heterocycles. The summed E-state index contributed by atoms with van der Waals surface area (Å²) in [6.45, 7) is 6.69. The van der Waals surface area contributed by atoms with Crippen LogP contribution in [-0.2, 0) is 27.9 Å². The number of nitrogens with zero attached hydrogens (tertiary/aromatic N) is 1. The molecule has 3 atom stereocenters. The molecule has 0 rings (SSSR count). The Labute approximate surface area is 463 Å². The van der Waals surface area contributed by atoms with Crippen LogP contribution in [0.25, 0.3) is 0 Å². The average Bonchev–Trinajstić information content (AvgIpc) is 3.37. The Morgan fingerprint density at radius 3 is 1.40 bits per heavy atom. The summed E-state index contributed by atoms with van der Waals surface area (Å²) in [4.78, 5) is 40.0. The zero-order chi connectivity index (χ0) is 55.0. The van der Waals surface area contributed by atoms with Crippen molar-refractivity contribution in [3.05, 3.63) is 72.9 Å². The SMILES string of the molecule is CC/C=C/C=C/C=C/CCCCCCCCCC(=O)NC(COP(=O)([O-])OCC[N+](C)(C)C)C(/C=C\CCCCCCCCCCCCC)OC(=O)CCCCCCCCCCCCC/C=C\C/C=C\CCCCC. The van der Waals surface area contributed by atoms with E-state index in [1.165, 1.54) is 161 Å². The number of quaternary nitrogens is 1. The van der Waals surface area contributed by atoms with Crippen molar-refractivity contribution in [1.29, 1.82) is 0 Å². The predicted molar refractivity (Wildman–Crippen MR) is 321 cm³/mol. The van der Waals surface area contributed by atoms with Crippen molar-refractivity contribution in [1.82, 2.24) is 5.32 Å². The highest BCUT2D eigenvalue weighted by molar-refractivity contribution is 7.45. The molecule has 436 valence electrons. The van der Waals surface area contributed by atoms with Crippen molar-refractivity contribution in [2.45, 2.75) is 290 Å². The zero-order valence-corrected chi connectivity index (χ0v) is 50.6. The van der Waals surface area contributed by atoms with Crippen molar-refractivity contribution in [3.63, 3.8) is 0 Å². The number of nitrogens with one attached hydrogen (secondary N) is 1. The van der Waals surface area contributed by atoms with Crippen LogP contribution >= 0.6 is 7.82 Å². The van der Waals surface area contributed by atoms with Crippen molar-refractivity contribution < 1.29 is 37.3 Å². The first-order chi connectivity index (χ1) is 36.4. The molecule has 0 spiro atoms. The van der Waals surface area contributed by atoms with Crippen LogP contribution in [0.5, 0.6) is 0 Å². The summed E-state index contributed by atoms with van der Waals surface area (Å²) in [6.07, 6.45) is 70.1. The maximum atomic E-state index is 13.5. The molecule has 0 aliphatic heterocycles. The molecule has 0 fully saturated rings. The van der Waals surface area contributed by atoms with E-state index < -0.39 is 26.6 Å². The third-order valence-electron chi connectivity index (χ3n) is 13.7. The summed E-state index contributed by atoms with van der Waals surface area (Å²) in [5.74, 6) is -0.554.